The molecule has 2 heterocycles. The molecule has 0 aliphatic carbocycles. The molecule has 0 atom stereocenters. The van der Waals surface area contributed by atoms with E-state index in [2.05, 4.69) is 24.0 Å². The van der Waals surface area contributed by atoms with Gasteiger partial charge in [0.25, 0.3) is 0 Å². The minimum atomic E-state index is 0.194. The second-order valence-electron chi connectivity index (χ2n) is 5.29. The molecule has 0 aliphatic heterocycles. The number of fused-ring (bicyclic) bond motifs is 1. The highest BCUT2D eigenvalue weighted by Gasteiger charge is 2.05. The minimum Gasteiger partial charge on any atom is -0.491 e. The molecule has 0 bridgehead atoms. The molecule has 0 aliphatic rings. The molecular weight excluding hydrogens is 248 g/mol. The first-order valence-corrected chi connectivity index (χ1v) is 6.84. The number of pyridine rings is 1. The Morgan fingerprint density at radius 1 is 1.10 bits per heavy atom. The molecule has 2 aromatic heterocycles. The van der Waals surface area contributed by atoms with Crippen molar-refractivity contribution in [2.75, 3.05) is 0 Å². The van der Waals surface area contributed by atoms with Crippen LogP contribution in [0.5, 0.6) is 5.75 Å². The van der Waals surface area contributed by atoms with E-state index in [0.29, 0.717) is 0 Å². The largest absolute Gasteiger partial charge is 0.491 e. The summed E-state index contributed by atoms with van der Waals surface area (Å²) in [6.45, 7) is 6.13. The summed E-state index contributed by atoms with van der Waals surface area (Å²) >= 11 is 0. The van der Waals surface area contributed by atoms with Gasteiger partial charge in [0.2, 0.25) is 0 Å². The molecule has 0 amide bonds. The van der Waals surface area contributed by atoms with Gasteiger partial charge in [0.15, 0.2) is 0 Å². The SMILES string of the molecule is Cc1ccn2cc(-c3ccc(OC(C)C)cc3)nc2c1. The zero-order chi connectivity index (χ0) is 14.1. The first kappa shape index (κ1) is 12.7. The Labute approximate surface area is 118 Å². The van der Waals surface area contributed by atoms with Gasteiger partial charge in [0, 0.05) is 18.0 Å². The summed E-state index contributed by atoms with van der Waals surface area (Å²) in [5.74, 6) is 0.892. The summed E-state index contributed by atoms with van der Waals surface area (Å²) in [5, 5.41) is 0. The molecule has 102 valence electrons. The van der Waals surface area contributed by atoms with Crippen molar-refractivity contribution in [3.63, 3.8) is 0 Å². The van der Waals surface area contributed by atoms with Crippen LogP contribution in [-0.4, -0.2) is 15.5 Å². The minimum absolute atomic E-state index is 0.194. The van der Waals surface area contributed by atoms with Gasteiger partial charge in [0.05, 0.1) is 11.8 Å². The van der Waals surface area contributed by atoms with Gasteiger partial charge in [0.1, 0.15) is 11.4 Å². The lowest BCUT2D eigenvalue weighted by atomic mass is 10.1. The van der Waals surface area contributed by atoms with Gasteiger partial charge in [-0.1, -0.05) is 0 Å². The number of rotatable bonds is 3. The standard InChI is InChI=1S/C17H18N2O/c1-12(2)20-15-6-4-14(5-7-15)16-11-19-9-8-13(3)10-17(19)18-16/h4-12H,1-3H3. The molecule has 3 rings (SSSR count). The highest BCUT2D eigenvalue weighted by atomic mass is 16.5. The first-order chi connectivity index (χ1) is 9.61. The van der Waals surface area contributed by atoms with E-state index in [0.717, 1.165) is 22.7 Å². The van der Waals surface area contributed by atoms with Gasteiger partial charge >= 0.3 is 0 Å². The zero-order valence-corrected chi connectivity index (χ0v) is 12.0. The van der Waals surface area contributed by atoms with Crippen LogP contribution in [0.25, 0.3) is 16.9 Å². The van der Waals surface area contributed by atoms with E-state index in [4.69, 9.17) is 4.74 Å². The van der Waals surface area contributed by atoms with Crippen molar-refractivity contribution in [1.29, 1.82) is 0 Å². The number of aromatic nitrogens is 2. The Morgan fingerprint density at radius 3 is 2.55 bits per heavy atom. The Kier molecular flexibility index (Phi) is 3.18. The number of benzene rings is 1. The van der Waals surface area contributed by atoms with Crippen LogP contribution in [0.3, 0.4) is 0 Å². The highest BCUT2D eigenvalue weighted by Crippen LogP contribution is 2.23. The molecule has 0 saturated carbocycles. The van der Waals surface area contributed by atoms with E-state index in [1.54, 1.807) is 0 Å². The maximum Gasteiger partial charge on any atom is 0.137 e. The molecule has 3 nitrogen and oxygen atoms in total. The third kappa shape index (κ3) is 2.52. The molecule has 20 heavy (non-hydrogen) atoms. The Hall–Kier alpha value is -2.29. The van der Waals surface area contributed by atoms with Crippen molar-refractivity contribution >= 4 is 5.65 Å². The van der Waals surface area contributed by atoms with Crippen molar-refractivity contribution in [2.45, 2.75) is 26.9 Å². The predicted octanol–water partition coefficient (Wildman–Crippen LogP) is 4.10. The van der Waals surface area contributed by atoms with Crippen molar-refractivity contribution < 1.29 is 4.74 Å². The predicted molar refractivity (Wildman–Crippen MR) is 81.1 cm³/mol. The van der Waals surface area contributed by atoms with Crippen molar-refractivity contribution in [3.05, 3.63) is 54.4 Å². The van der Waals surface area contributed by atoms with Crippen LogP contribution in [0.4, 0.5) is 0 Å². The third-order valence-electron chi connectivity index (χ3n) is 3.14. The molecule has 0 fully saturated rings. The number of imidazole rings is 1. The molecule has 1 aromatic carbocycles. The summed E-state index contributed by atoms with van der Waals surface area (Å²) in [6.07, 6.45) is 4.28. The summed E-state index contributed by atoms with van der Waals surface area (Å²) in [5.41, 5.74) is 4.27. The first-order valence-electron chi connectivity index (χ1n) is 6.84. The lowest BCUT2D eigenvalue weighted by Gasteiger charge is -2.09. The Morgan fingerprint density at radius 2 is 1.85 bits per heavy atom. The Balaban J connectivity index is 1.94. The fraction of sp³-hybridized carbons (Fsp3) is 0.235. The van der Waals surface area contributed by atoms with E-state index in [-0.39, 0.29) is 6.10 Å². The summed E-state index contributed by atoms with van der Waals surface area (Å²) in [6, 6.07) is 12.2. The average Bonchev–Trinajstić information content (AvgIpc) is 2.81. The van der Waals surface area contributed by atoms with Crippen molar-refractivity contribution in [1.82, 2.24) is 9.38 Å². The third-order valence-corrected chi connectivity index (χ3v) is 3.14. The summed E-state index contributed by atoms with van der Waals surface area (Å²) < 4.78 is 7.70. The lowest BCUT2D eigenvalue weighted by Crippen LogP contribution is -2.05. The smallest absolute Gasteiger partial charge is 0.137 e. The van der Waals surface area contributed by atoms with E-state index < -0.39 is 0 Å². The van der Waals surface area contributed by atoms with Crippen LogP contribution in [0.15, 0.2) is 48.8 Å². The quantitative estimate of drug-likeness (QED) is 0.713. The molecular formula is C17H18N2O. The number of aryl methyl sites for hydroxylation is 1. The fourth-order valence-corrected chi connectivity index (χ4v) is 2.20. The molecule has 3 aromatic rings. The number of hydrogen-bond acceptors (Lipinski definition) is 2. The van der Waals surface area contributed by atoms with E-state index >= 15 is 0 Å². The average molecular weight is 266 g/mol. The Bertz CT molecular complexity index is 726. The van der Waals surface area contributed by atoms with Crippen molar-refractivity contribution in [2.24, 2.45) is 0 Å². The van der Waals surface area contributed by atoms with Crippen LogP contribution in [-0.2, 0) is 0 Å². The summed E-state index contributed by atoms with van der Waals surface area (Å²) in [4.78, 5) is 4.66. The lowest BCUT2D eigenvalue weighted by molar-refractivity contribution is 0.242. The van der Waals surface area contributed by atoms with E-state index in [1.165, 1.54) is 5.56 Å². The van der Waals surface area contributed by atoms with Gasteiger partial charge in [-0.2, -0.15) is 0 Å². The number of ether oxygens (including phenoxy) is 1. The van der Waals surface area contributed by atoms with E-state index in [1.807, 2.05) is 54.9 Å². The molecule has 0 saturated heterocycles. The molecule has 0 radical (unpaired) electrons. The monoisotopic (exact) mass is 266 g/mol. The second kappa shape index (κ2) is 5.00. The molecule has 0 unspecified atom stereocenters. The summed E-state index contributed by atoms with van der Waals surface area (Å²) in [7, 11) is 0. The van der Waals surface area contributed by atoms with Gasteiger partial charge in [-0.15, -0.1) is 0 Å². The van der Waals surface area contributed by atoms with Crippen LogP contribution in [0, 0.1) is 6.92 Å². The fourth-order valence-electron chi connectivity index (χ4n) is 2.20. The van der Waals surface area contributed by atoms with Crippen LogP contribution < -0.4 is 4.74 Å². The molecule has 0 N–H and O–H groups in total. The maximum absolute atomic E-state index is 5.65. The van der Waals surface area contributed by atoms with Gasteiger partial charge < -0.3 is 9.14 Å². The highest BCUT2D eigenvalue weighted by molar-refractivity contribution is 5.63. The van der Waals surface area contributed by atoms with Crippen LogP contribution >= 0.6 is 0 Å². The van der Waals surface area contributed by atoms with Gasteiger partial charge in [-0.05, 0) is 62.7 Å². The van der Waals surface area contributed by atoms with Crippen LogP contribution in [0.1, 0.15) is 19.4 Å². The van der Waals surface area contributed by atoms with Gasteiger partial charge in [-0.25, -0.2) is 4.98 Å². The number of nitrogens with zero attached hydrogens (tertiary/aromatic N) is 2. The van der Waals surface area contributed by atoms with Gasteiger partial charge in [-0.3, -0.25) is 0 Å². The van der Waals surface area contributed by atoms with Crippen LogP contribution in [0.2, 0.25) is 0 Å². The second-order valence-corrected chi connectivity index (χ2v) is 5.29. The molecule has 0 spiro atoms. The normalized spacial score (nSPS) is 11.2. The topological polar surface area (TPSA) is 26.5 Å². The molecule has 3 heteroatoms. The van der Waals surface area contributed by atoms with E-state index in [9.17, 15) is 0 Å². The number of hydrogen-bond donors (Lipinski definition) is 0. The zero-order valence-electron chi connectivity index (χ0n) is 12.0. The maximum atomic E-state index is 5.65. The van der Waals surface area contributed by atoms with Crippen molar-refractivity contribution in [3.8, 4) is 17.0 Å².